The van der Waals surface area contributed by atoms with E-state index in [1.165, 1.54) is 6.42 Å². The molecular weight excluding hydrogens is 242 g/mol. The van der Waals surface area contributed by atoms with Crippen LogP contribution in [0, 0.1) is 0 Å². The molecule has 3 rings (SSSR count). The van der Waals surface area contributed by atoms with Gasteiger partial charge in [-0.05, 0) is 25.3 Å². The van der Waals surface area contributed by atoms with Gasteiger partial charge in [0.05, 0.1) is 25.9 Å². The minimum absolute atomic E-state index is 0.0546. The van der Waals surface area contributed by atoms with E-state index in [2.05, 4.69) is 11.4 Å². The molecule has 0 amide bonds. The standard InChI is InChI=1S/C15H21NO3/c1-17-13-7-3-6-12(14-10-16-8-9-18-14)15(13)19-11-4-2-5-11/h3,6-7,11,14,16H,2,4-5,8-10H2,1H3. The summed E-state index contributed by atoms with van der Waals surface area (Å²) < 4.78 is 17.4. The second kappa shape index (κ2) is 5.80. The van der Waals surface area contributed by atoms with Crippen LogP contribution in [-0.4, -0.2) is 32.9 Å². The van der Waals surface area contributed by atoms with Crippen molar-refractivity contribution < 1.29 is 14.2 Å². The summed E-state index contributed by atoms with van der Waals surface area (Å²) in [6.45, 7) is 2.48. The third kappa shape index (κ3) is 2.69. The van der Waals surface area contributed by atoms with E-state index >= 15 is 0 Å². The maximum absolute atomic E-state index is 6.12. The molecule has 1 atom stereocenters. The quantitative estimate of drug-likeness (QED) is 0.904. The highest BCUT2D eigenvalue weighted by Gasteiger charge is 2.26. The van der Waals surface area contributed by atoms with Crippen molar-refractivity contribution in [2.75, 3.05) is 26.8 Å². The lowest BCUT2D eigenvalue weighted by Gasteiger charge is -2.31. The van der Waals surface area contributed by atoms with Gasteiger partial charge in [0.1, 0.15) is 0 Å². The fraction of sp³-hybridized carbons (Fsp3) is 0.600. The molecule has 0 bridgehead atoms. The number of hydrogen-bond donors (Lipinski definition) is 1. The second-order valence-electron chi connectivity index (χ2n) is 5.11. The predicted octanol–water partition coefficient (Wildman–Crippen LogP) is 2.29. The second-order valence-corrected chi connectivity index (χ2v) is 5.11. The smallest absolute Gasteiger partial charge is 0.167 e. The number of rotatable bonds is 4. The van der Waals surface area contributed by atoms with E-state index in [-0.39, 0.29) is 6.10 Å². The van der Waals surface area contributed by atoms with Crippen LogP contribution in [0.4, 0.5) is 0 Å². The Morgan fingerprint density at radius 3 is 2.84 bits per heavy atom. The molecule has 4 nitrogen and oxygen atoms in total. The number of nitrogens with one attached hydrogen (secondary N) is 1. The summed E-state index contributed by atoms with van der Waals surface area (Å²) in [6.07, 6.45) is 3.93. The summed E-state index contributed by atoms with van der Waals surface area (Å²) in [7, 11) is 1.69. The van der Waals surface area contributed by atoms with E-state index in [0.29, 0.717) is 6.10 Å². The number of para-hydroxylation sites is 1. The molecule has 104 valence electrons. The summed E-state index contributed by atoms with van der Waals surface area (Å²) in [5, 5.41) is 3.36. The van der Waals surface area contributed by atoms with Crippen LogP contribution < -0.4 is 14.8 Å². The Morgan fingerprint density at radius 2 is 2.21 bits per heavy atom. The number of benzene rings is 1. The van der Waals surface area contributed by atoms with Crippen LogP contribution in [0.3, 0.4) is 0 Å². The number of ether oxygens (including phenoxy) is 3. The Bertz CT molecular complexity index is 425. The first-order valence-electron chi connectivity index (χ1n) is 7.04. The summed E-state index contributed by atoms with van der Waals surface area (Å²) >= 11 is 0. The number of morpholine rings is 1. The molecule has 1 aliphatic carbocycles. The van der Waals surface area contributed by atoms with Crippen molar-refractivity contribution in [1.29, 1.82) is 0 Å². The van der Waals surface area contributed by atoms with Crippen LogP contribution in [0.2, 0.25) is 0 Å². The first-order chi connectivity index (χ1) is 9.38. The van der Waals surface area contributed by atoms with Crippen LogP contribution in [0.15, 0.2) is 18.2 Å². The molecule has 4 heteroatoms. The van der Waals surface area contributed by atoms with Gasteiger partial charge in [0, 0.05) is 18.7 Å². The molecule has 1 unspecified atom stereocenters. The van der Waals surface area contributed by atoms with Crippen molar-refractivity contribution in [3.05, 3.63) is 23.8 Å². The van der Waals surface area contributed by atoms with Crippen LogP contribution >= 0.6 is 0 Å². The van der Waals surface area contributed by atoms with Crippen molar-refractivity contribution in [3.8, 4) is 11.5 Å². The third-order valence-corrected chi connectivity index (χ3v) is 3.84. The lowest BCUT2D eigenvalue weighted by Crippen LogP contribution is -2.34. The maximum Gasteiger partial charge on any atom is 0.167 e. The molecule has 1 heterocycles. The summed E-state index contributed by atoms with van der Waals surface area (Å²) in [5.41, 5.74) is 1.10. The van der Waals surface area contributed by atoms with E-state index in [9.17, 15) is 0 Å². The monoisotopic (exact) mass is 263 g/mol. The van der Waals surface area contributed by atoms with Crippen LogP contribution in [0.5, 0.6) is 11.5 Å². The van der Waals surface area contributed by atoms with E-state index < -0.39 is 0 Å². The first kappa shape index (κ1) is 12.8. The van der Waals surface area contributed by atoms with Gasteiger partial charge in [0.15, 0.2) is 11.5 Å². The van der Waals surface area contributed by atoms with E-state index in [4.69, 9.17) is 14.2 Å². The zero-order chi connectivity index (χ0) is 13.1. The third-order valence-electron chi connectivity index (χ3n) is 3.84. The van der Waals surface area contributed by atoms with Gasteiger partial charge in [-0.25, -0.2) is 0 Å². The molecule has 1 aliphatic heterocycles. The summed E-state index contributed by atoms with van der Waals surface area (Å²) in [6, 6.07) is 6.03. The van der Waals surface area contributed by atoms with Gasteiger partial charge in [-0.2, -0.15) is 0 Å². The zero-order valence-corrected chi connectivity index (χ0v) is 11.4. The van der Waals surface area contributed by atoms with Crippen molar-refractivity contribution in [2.45, 2.75) is 31.5 Å². The van der Waals surface area contributed by atoms with Gasteiger partial charge < -0.3 is 19.5 Å². The molecule has 1 N–H and O–H groups in total. The molecule has 1 aromatic carbocycles. The summed E-state index contributed by atoms with van der Waals surface area (Å²) in [5.74, 6) is 1.67. The molecule has 0 radical (unpaired) electrons. The van der Waals surface area contributed by atoms with Gasteiger partial charge in [0.2, 0.25) is 0 Å². The van der Waals surface area contributed by atoms with Crippen LogP contribution in [0.1, 0.15) is 30.9 Å². The van der Waals surface area contributed by atoms with Crippen molar-refractivity contribution >= 4 is 0 Å². The highest BCUT2D eigenvalue weighted by molar-refractivity contribution is 5.48. The Kier molecular flexibility index (Phi) is 3.89. The van der Waals surface area contributed by atoms with Gasteiger partial charge >= 0.3 is 0 Å². The maximum atomic E-state index is 6.12. The zero-order valence-electron chi connectivity index (χ0n) is 11.4. The molecule has 2 aliphatic rings. The summed E-state index contributed by atoms with van der Waals surface area (Å²) in [4.78, 5) is 0. The lowest BCUT2D eigenvalue weighted by molar-refractivity contribution is 0.0230. The molecular formula is C15H21NO3. The Hall–Kier alpha value is -1.26. The number of hydrogen-bond acceptors (Lipinski definition) is 4. The first-order valence-corrected chi connectivity index (χ1v) is 7.04. The largest absolute Gasteiger partial charge is 0.493 e. The highest BCUT2D eigenvalue weighted by Crippen LogP contribution is 2.39. The molecule has 2 fully saturated rings. The van der Waals surface area contributed by atoms with E-state index in [1.54, 1.807) is 7.11 Å². The minimum Gasteiger partial charge on any atom is -0.493 e. The average Bonchev–Trinajstić information content (AvgIpc) is 2.43. The van der Waals surface area contributed by atoms with Gasteiger partial charge in [-0.1, -0.05) is 12.1 Å². The molecule has 0 aromatic heterocycles. The minimum atomic E-state index is 0.0546. The molecule has 0 spiro atoms. The van der Waals surface area contributed by atoms with E-state index in [1.807, 2.05) is 12.1 Å². The topological polar surface area (TPSA) is 39.7 Å². The molecule has 1 saturated heterocycles. The Morgan fingerprint density at radius 1 is 1.32 bits per heavy atom. The molecule has 19 heavy (non-hydrogen) atoms. The lowest BCUT2D eigenvalue weighted by atomic mass is 9.96. The SMILES string of the molecule is COc1cccc(C2CNCCO2)c1OC1CCC1. The number of methoxy groups -OCH3 is 1. The van der Waals surface area contributed by atoms with Gasteiger partial charge in [0.25, 0.3) is 0 Å². The Balaban J connectivity index is 1.87. The highest BCUT2D eigenvalue weighted by atomic mass is 16.5. The van der Waals surface area contributed by atoms with Crippen LogP contribution in [0.25, 0.3) is 0 Å². The molecule has 1 aromatic rings. The van der Waals surface area contributed by atoms with Crippen molar-refractivity contribution in [1.82, 2.24) is 5.32 Å². The normalized spacial score (nSPS) is 23.7. The fourth-order valence-corrected chi connectivity index (χ4v) is 2.49. The van der Waals surface area contributed by atoms with Gasteiger partial charge in [-0.15, -0.1) is 0 Å². The van der Waals surface area contributed by atoms with E-state index in [0.717, 1.165) is 49.6 Å². The van der Waals surface area contributed by atoms with Gasteiger partial charge in [-0.3, -0.25) is 0 Å². The van der Waals surface area contributed by atoms with Crippen LogP contribution in [-0.2, 0) is 4.74 Å². The molecule has 1 saturated carbocycles. The average molecular weight is 263 g/mol. The predicted molar refractivity (Wildman–Crippen MR) is 72.8 cm³/mol. The Labute approximate surface area is 114 Å². The fourth-order valence-electron chi connectivity index (χ4n) is 2.49. The van der Waals surface area contributed by atoms with Crippen molar-refractivity contribution in [2.24, 2.45) is 0 Å². The van der Waals surface area contributed by atoms with Crippen molar-refractivity contribution in [3.63, 3.8) is 0 Å².